The highest BCUT2D eigenvalue weighted by Crippen LogP contribution is 2.18. The van der Waals surface area contributed by atoms with Crippen molar-refractivity contribution in [3.05, 3.63) is 122 Å². The number of halogens is 2. The molecule has 0 radical (unpaired) electrons. The monoisotopic (exact) mass is 518 g/mol. The average molecular weight is 519 g/mol. The van der Waals surface area contributed by atoms with Crippen LogP contribution in [0.3, 0.4) is 0 Å². The molecule has 0 amide bonds. The Labute approximate surface area is 214 Å². The molecule has 10 heteroatoms. The standard InChI is InChI=1S/C27H20ClFN4O4/c1-37-22-12-4-18(5-13-22)23(34)15-31-16-30-25-24(31)26(35)32(14-17-2-8-20(29)9-3-17)27(36)33(25)21-10-6-19(28)7-11-21/h2-13,16H,14-15H2,1H3. The van der Waals surface area contributed by atoms with Gasteiger partial charge in [0.15, 0.2) is 16.9 Å². The first-order chi connectivity index (χ1) is 17.9. The van der Waals surface area contributed by atoms with Gasteiger partial charge in [0.2, 0.25) is 0 Å². The number of ketones is 1. The fraction of sp³-hybridized carbons (Fsp3) is 0.111. The summed E-state index contributed by atoms with van der Waals surface area (Å²) in [6, 6.07) is 18.7. The highest BCUT2D eigenvalue weighted by Gasteiger charge is 2.21. The zero-order valence-corrected chi connectivity index (χ0v) is 20.4. The second kappa shape index (κ2) is 9.87. The molecule has 0 spiro atoms. The van der Waals surface area contributed by atoms with Gasteiger partial charge in [0.1, 0.15) is 11.6 Å². The quantitative estimate of drug-likeness (QED) is 0.303. The summed E-state index contributed by atoms with van der Waals surface area (Å²) in [5.74, 6) is -0.0729. The number of ether oxygens (including phenoxy) is 1. The molecule has 0 aliphatic rings. The molecule has 8 nitrogen and oxygen atoms in total. The van der Waals surface area contributed by atoms with Crippen molar-refractivity contribution in [2.45, 2.75) is 13.1 Å². The van der Waals surface area contributed by atoms with E-state index in [2.05, 4.69) is 4.98 Å². The zero-order chi connectivity index (χ0) is 26.1. The molecule has 3 aromatic carbocycles. The van der Waals surface area contributed by atoms with Crippen molar-refractivity contribution < 1.29 is 13.9 Å². The summed E-state index contributed by atoms with van der Waals surface area (Å²) in [4.78, 5) is 44.5. The van der Waals surface area contributed by atoms with Crippen LogP contribution in [0.4, 0.5) is 4.39 Å². The number of fused-ring (bicyclic) bond motifs is 1. The number of rotatable bonds is 7. The number of Topliss-reactive ketones (excluding diaryl/α,β-unsaturated/α-hetero) is 1. The van der Waals surface area contributed by atoms with Gasteiger partial charge in [-0.05, 0) is 66.2 Å². The molecule has 2 aromatic heterocycles. The summed E-state index contributed by atoms with van der Waals surface area (Å²) in [5.41, 5.74) is 0.376. The van der Waals surface area contributed by atoms with Crippen LogP contribution in [0.5, 0.6) is 5.75 Å². The number of imidazole rings is 1. The van der Waals surface area contributed by atoms with E-state index in [9.17, 15) is 18.8 Å². The number of methoxy groups -OCH3 is 1. The van der Waals surface area contributed by atoms with E-state index >= 15 is 0 Å². The molecule has 0 fully saturated rings. The van der Waals surface area contributed by atoms with Crippen molar-refractivity contribution in [1.82, 2.24) is 18.7 Å². The molecular weight excluding hydrogens is 499 g/mol. The lowest BCUT2D eigenvalue weighted by atomic mass is 10.1. The molecule has 5 rings (SSSR count). The SMILES string of the molecule is COc1ccc(C(=O)Cn2cnc3c2c(=O)n(Cc2ccc(F)cc2)c(=O)n3-c2ccc(Cl)cc2)cc1. The first kappa shape index (κ1) is 24.2. The van der Waals surface area contributed by atoms with Gasteiger partial charge in [0.05, 0.1) is 32.2 Å². The molecule has 0 saturated heterocycles. The minimum atomic E-state index is -0.629. The van der Waals surface area contributed by atoms with E-state index in [4.69, 9.17) is 16.3 Å². The lowest BCUT2D eigenvalue weighted by Gasteiger charge is -2.13. The van der Waals surface area contributed by atoms with Crippen molar-refractivity contribution in [3.63, 3.8) is 0 Å². The third-order valence-corrected chi connectivity index (χ3v) is 6.22. The maximum absolute atomic E-state index is 13.6. The Morgan fingerprint density at radius 3 is 2.30 bits per heavy atom. The highest BCUT2D eigenvalue weighted by atomic mass is 35.5. The van der Waals surface area contributed by atoms with E-state index in [0.29, 0.717) is 27.6 Å². The van der Waals surface area contributed by atoms with Gasteiger partial charge >= 0.3 is 5.69 Å². The van der Waals surface area contributed by atoms with E-state index in [1.165, 1.54) is 46.8 Å². The molecule has 0 unspecified atom stereocenters. The van der Waals surface area contributed by atoms with Gasteiger partial charge in [-0.15, -0.1) is 0 Å². The van der Waals surface area contributed by atoms with Gasteiger partial charge in [-0.2, -0.15) is 0 Å². The van der Waals surface area contributed by atoms with Gasteiger partial charge < -0.3 is 9.30 Å². The lowest BCUT2D eigenvalue weighted by Crippen LogP contribution is -2.40. The van der Waals surface area contributed by atoms with Crippen LogP contribution in [0.1, 0.15) is 15.9 Å². The first-order valence-electron chi connectivity index (χ1n) is 11.2. The number of hydrogen-bond donors (Lipinski definition) is 0. The molecule has 186 valence electrons. The van der Waals surface area contributed by atoms with Crippen molar-refractivity contribution in [2.24, 2.45) is 0 Å². The Hall–Kier alpha value is -4.50. The van der Waals surface area contributed by atoms with Crippen LogP contribution >= 0.6 is 11.6 Å². The van der Waals surface area contributed by atoms with Crippen LogP contribution in [0, 0.1) is 5.82 Å². The van der Waals surface area contributed by atoms with Crippen LogP contribution in [0.2, 0.25) is 5.02 Å². The van der Waals surface area contributed by atoms with Crippen molar-refractivity contribution >= 4 is 28.5 Å². The predicted octanol–water partition coefficient (Wildman–Crippen LogP) is 4.08. The number of carbonyl (C=O) groups excluding carboxylic acids is 1. The van der Waals surface area contributed by atoms with E-state index in [1.54, 1.807) is 48.5 Å². The molecule has 0 atom stereocenters. The number of benzene rings is 3. The average Bonchev–Trinajstić information content (AvgIpc) is 3.32. The Morgan fingerprint density at radius 1 is 0.973 bits per heavy atom. The van der Waals surface area contributed by atoms with E-state index in [1.807, 2.05) is 0 Å². The van der Waals surface area contributed by atoms with Crippen molar-refractivity contribution in [1.29, 1.82) is 0 Å². The number of hydrogen-bond acceptors (Lipinski definition) is 5. The van der Waals surface area contributed by atoms with E-state index < -0.39 is 17.1 Å². The second-order valence-corrected chi connectivity index (χ2v) is 8.74. The van der Waals surface area contributed by atoms with Gasteiger partial charge in [-0.1, -0.05) is 23.7 Å². The third-order valence-electron chi connectivity index (χ3n) is 5.96. The second-order valence-electron chi connectivity index (χ2n) is 8.31. The zero-order valence-electron chi connectivity index (χ0n) is 19.6. The fourth-order valence-corrected chi connectivity index (χ4v) is 4.18. The van der Waals surface area contributed by atoms with Crippen LogP contribution in [0.15, 0.2) is 88.7 Å². The number of carbonyl (C=O) groups is 1. The molecule has 0 N–H and O–H groups in total. The molecule has 5 aromatic rings. The van der Waals surface area contributed by atoms with Gasteiger partial charge in [0, 0.05) is 10.6 Å². The molecule has 37 heavy (non-hydrogen) atoms. The smallest absolute Gasteiger partial charge is 0.337 e. The van der Waals surface area contributed by atoms with Crippen LogP contribution < -0.4 is 16.0 Å². The third kappa shape index (κ3) is 4.68. The van der Waals surface area contributed by atoms with Crippen LogP contribution in [-0.4, -0.2) is 31.6 Å². The topological polar surface area (TPSA) is 88.1 Å². The van der Waals surface area contributed by atoms with E-state index in [-0.39, 0.29) is 30.0 Å². The largest absolute Gasteiger partial charge is 0.497 e. The molecule has 0 saturated carbocycles. The minimum absolute atomic E-state index is 0.0820. The Balaban J connectivity index is 1.66. The predicted molar refractivity (Wildman–Crippen MR) is 137 cm³/mol. The molecular formula is C27H20ClFN4O4. The summed E-state index contributed by atoms with van der Waals surface area (Å²) >= 11 is 6.03. The van der Waals surface area contributed by atoms with Gasteiger partial charge in [0.25, 0.3) is 5.56 Å². The van der Waals surface area contributed by atoms with Crippen molar-refractivity contribution in [3.8, 4) is 11.4 Å². The Morgan fingerprint density at radius 2 is 1.65 bits per heavy atom. The normalized spacial score (nSPS) is 11.1. The van der Waals surface area contributed by atoms with Crippen molar-refractivity contribution in [2.75, 3.05) is 7.11 Å². The lowest BCUT2D eigenvalue weighted by molar-refractivity contribution is 0.0973. The highest BCUT2D eigenvalue weighted by molar-refractivity contribution is 6.30. The van der Waals surface area contributed by atoms with Gasteiger partial charge in [-0.25, -0.2) is 18.7 Å². The van der Waals surface area contributed by atoms with Gasteiger partial charge in [-0.3, -0.25) is 14.2 Å². The molecule has 0 aliphatic heterocycles. The fourth-order valence-electron chi connectivity index (χ4n) is 4.06. The Kier molecular flexibility index (Phi) is 6.45. The maximum Gasteiger partial charge on any atom is 0.337 e. The maximum atomic E-state index is 13.6. The summed E-state index contributed by atoms with van der Waals surface area (Å²) in [5, 5.41) is 0.475. The number of aromatic nitrogens is 4. The summed E-state index contributed by atoms with van der Waals surface area (Å²) in [6.07, 6.45) is 1.36. The van der Waals surface area contributed by atoms with Crippen LogP contribution in [-0.2, 0) is 13.1 Å². The minimum Gasteiger partial charge on any atom is -0.497 e. The van der Waals surface area contributed by atoms with E-state index in [0.717, 1.165) is 4.57 Å². The molecule has 0 aliphatic carbocycles. The first-order valence-corrected chi connectivity index (χ1v) is 11.6. The summed E-state index contributed by atoms with van der Waals surface area (Å²) < 4.78 is 22.3. The van der Waals surface area contributed by atoms with Crippen LogP contribution in [0.25, 0.3) is 16.9 Å². The molecule has 0 bridgehead atoms. The Bertz CT molecular complexity index is 1720. The summed E-state index contributed by atoms with van der Waals surface area (Å²) in [6.45, 7) is -0.271. The number of nitrogens with zero attached hydrogens (tertiary/aromatic N) is 4. The summed E-state index contributed by atoms with van der Waals surface area (Å²) in [7, 11) is 1.53. The molecule has 2 heterocycles.